The molecule has 1 saturated heterocycles. The molecule has 0 aromatic heterocycles. The molecule has 88 valence electrons. The lowest BCUT2D eigenvalue weighted by molar-refractivity contribution is -0.108. The summed E-state index contributed by atoms with van der Waals surface area (Å²) in [5.41, 5.74) is 0.747. The first-order chi connectivity index (χ1) is 7.62. The highest BCUT2D eigenvalue weighted by molar-refractivity contribution is 7.89. The minimum atomic E-state index is -3.48. The molecule has 1 fully saturated rings. The van der Waals surface area contributed by atoms with E-state index in [1.807, 2.05) is 6.07 Å². The van der Waals surface area contributed by atoms with Crippen LogP contribution >= 0.6 is 0 Å². The summed E-state index contributed by atoms with van der Waals surface area (Å²) in [4.78, 5) is 5.53. The molecule has 2 rings (SSSR count). The zero-order chi connectivity index (χ0) is 11.6. The van der Waals surface area contributed by atoms with Gasteiger partial charge in [0.15, 0.2) is 0 Å². The Morgan fingerprint density at radius 1 is 1.25 bits per heavy atom. The molecule has 0 radical (unpaired) electrons. The number of nitrogens with zero attached hydrogens (tertiary/aromatic N) is 1. The van der Waals surface area contributed by atoms with Gasteiger partial charge in [0.05, 0.1) is 11.5 Å². The number of sulfonamides is 1. The maximum absolute atomic E-state index is 12.2. The second-order valence-electron chi connectivity index (χ2n) is 3.84. The van der Waals surface area contributed by atoms with E-state index in [1.54, 1.807) is 25.1 Å². The van der Waals surface area contributed by atoms with E-state index >= 15 is 0 Å². The Morgan fingerprint density at radius 3 is 2.62 bits per heavy atom. The van der Waals surface area contributed by atoms with E-state index in [0.717, 1.165) is 22.9 Å². The van der Waals surface area contributed by atoms with Crippen molar-refractivity contribution in [2.24, 2.45) is 0 Å². The van der Waals surface area contributed by atoms with Gasteiger partial charge in [0.1, 0.15) is 0 Å². The minimum absolute atomic E-state index is 0.330. The zero-order valence-corrected chi connectivity index (χ0v) is 10.0. The number of benzene rings is 1. The first-order valence-corrected chi connectivity index (χ1v) is 6.77. The van der Waals surface area contributed by atoms with Crippen molar-refractivity contribution in [3.05, 3.63) is 29.8 Å². The van der Waals surface area contributed by atoms with Crippen LogP contribution < -0.4 is 0 Å². The van der Waals surface area contributed by atoms with Gasteiger partial charge in [0, 0.05) is 6.54 Å². The summed E-state index contributed by atoms with van der Waals surface area (Å²) >= 11 is 0. The van der Waals surface area contributed by atoms with Gasteiger partial charge in [-0.3, -0.25) is 4.84 Å². The second-order valence-corrected chi connectivity index (χ2v) is 5.63. The number of rotatable bonds is 2. The first-order valence-electron chi connectivity index (χ1n) is 5.33. The molecule has 0 spiro atoms. The standard InChI is InChI=1S/C11H15NO3S/c1-10-6-2-3-7-11(10)16(13,14)12-8-4-5-9-15-12/h2-3,6-7H,4-5,8-9H2,1H3. The van der Waals surface area contributed by atoms with Crippen LogP contribution in [0.4, 0.5) is 0 Å². The molecule has 1 heterocycles. The van der Waals surface area contributed by atoms with Crippen molar-refractivity contribution in [3.8, 4) is 0 Å². The fourth-order valence-electron chi connectivity index (χ4n) is 1.72. The van der Waals surface area contributed by atoms with Crippen molar-refractivity contribution >= 4 is 10.0 Å². The zero-order valence-electron chi connectivity index (χ0n) is 9.22. The summed E-state index contributed by atoms with van der Waals surface area (Å²) in [6, 6.07) is 6.95. The third kappa shape index (κ3) is 2.11. The van der Waals surface area contributed by atoms with Crippen molar-refractivity contribution in [2.75, 3.05) is 13.2 Å². The van der Waals surface area contributed by atoms with Gasteiger partial charge < -0.3 is 0 Å². The number of aryl methyl sites for hydroxylation is 1. The molecule has 0 unspecified atom stereocenters. The molecule has 1 aliphatic rings. The van der Waals surface area contributed by atoms with E-state index in [-0.39, 0.29) is 0 Å². The summed E-state index contributed by atoms with van der Waals surface area (Å²) in [6.07, 6.45) is 1.77. The van der Waals surface area contributed by atoms with Crippen LogP contribution in [0.15, 0.2) is 29.2 Å². The summed E-state index contributed by atoms with van der Waals surface area (Å²) in [7, 11) is -3.48. The van der Waals surface area contributed by atoms with Crippen LogP contribution in [-0.4, -0.2) is 26.0 Å². The second kappa shape index (κ2) is 4.53. The van der Waals surface area contributed by atoms with E-state index in [0.29, 0.717) is 18.0 Å². The minimum Gasteiger partial charge on any atom is -0.284 e. The van der Waals surface area contributed by atoms with Gasteiger partial charge in [-0.2, -0.15) is 0 Å². The summed E-state index contributed by atoms with van der Waals surface area (Å²) in [5.74, 6) is 0. The largest absolute Gasteiger partial charge is 0.284 e. The van der Waals surface area contributed by atoms with Gasteiger partial charge in [-0.25, -0.2) is 8.42 Å². The van der Waals surface area contributed by atoms with Crippen molar-refractivity contribution in [2.45, 2.75) is 24.7 Å². The predicted octanol–water partition coefficient (Wildman–Crippen LogP) is 1.71. The van der Waals surface area contributed by atoms with Gasteiger partial charge in [0.2, 0.25) is 0 Å². The van der Waals surface area contributed by atoms with Crippen molar-refractivity contribution in [1.29, 1.82) is 0 Å². The van der Waals surface area contributed by atoms with Crippen molar-refractivity contribution in [1.82, 2.24) is 4.47 Å². The van der Waals surface area contributed by atoms with Gasteiger partial charge in [-0.1, -0.05) is 22.7 Å². The molecule has 1 aromatic rings. The molecule has 5 heteroatoms. The third-order valence-electron chi connectivity index (χ3n) is 2.61. The highest BCUT2D eigenvalue weighted by atomic mass is 32.2. The maximum atomic E-state index is 12.2. The summed E-state index contributed by atoms with van der Waals surface area (Å²) in [6.45, 7) is 2.71. The number of hydrogen-bond acceptors (Lipinski definition) is 3. The smallest absolute Gasteiger partial charge is 0.265 e. The highest BCUT2D eigenvalue weighted by Crippen LogP contribution is 2.22. The van der Waals surface area contributed by atoms with E-state index in [1.165, 1.54) is 0 Å². The Balaban J connectivity index is 2.35. The predicted molar refractivity (Wildman–Crippen MR) is 60.3 cm³/mol. The SMILES string of the molecule is Cc1ccccc1S(=O)(=O)N1CCCCO1. The molecule has 1 aliphatic heterocycles. The van der Waals surface area contributed by atoms with E-state index in [2.05, 4.69) is 0 Å². The van der Waals surface area contributed by atoms with Gasteiger partial charge in [-0.15, -0.1) is 0 Å². The van der Waals surface area contributed by atoms with E-state index in [4.69, 9.17) is 4.84 Å². The van der Waals surface area contributed by atoms with Crippen LogP contribution in [0.25, 0.3) is 0 Å². The fourth-order valence-corrected chi connectivity index (χ4v) is 3.25. The Bertz CT molecular complexity index is 464. The Morgan fingerprint density at radius 2 is 2.00 bits per heavy atom. The van der Waals surface area contributed by atoms with Crippen molar-refractivity contribution < 1.29 is 13.3 Å². The van der Waals surface area contributed by atoms with Crippen LogP contribution in [0.3, 0.4) is 0 Å². The average Bonchev–Trinajstić information content (AvgIpc) is 2.30. The number of hydrogen-bond donors (Lipinski definition) is 0. The molecule has 0 atom stereocenters. The lowest BCUT2D eigenvalue weighted by atomic mass is 10.2. The van der Waals surface area contributed by atoms with Crippen LogP contribution in [0, 0.1) is 6.92 Å². The summed E-state index contributed by atoms with van der Waals surface area (Å²) < 4.78 is 25.5. The topological polar surface area (TPSA) is 46.6 Å². The molecule has 0 amide bonds. The van der Waals surface area contributed by atoms with Gasteiger partial charge in [0.25, 0.3) is 10.0 Å². The van der Waals surface area contributed by atoms with Crippen LogP contribution in [0.2, 0.25) is 0 Å². The Labute approximate surface area is 95.8 Å². The van der Waals surface area contributed by atoms with E-state index in [9.17, 15) is 8.42 Å². The molecule has 16 heavy (non-hydrogen) atoms. The molecule has 0 N–H and O–H groups in total. The van der Waals surface area contributed by atoms with Gasteiger partial charge in [-0.05, 0) is 31.4 Å². The fraction of sp³-hybridized carbons (Fsp3) is 0.455. The molecule has 0 bridgehead atoms. The quantitative estimate of drug-likeness (QED) is 0.792. The normalized spacial score (nSPS) is 18.6. The molecule has 1 aromatic carbocycles. The Kier molecular flexibility index (Phi) is 3.28. The lowest BCUT2D eigenvalue weighted by Gasteiger charge is -2.25. The molecule has 4 nitrogen and oxygen atoms in total. The maximum Gasteiger partial charge on any atom is 0.265 e. The molecule has 0 aliphatic carbocycles. The molecular formula is C11H15NO3S. The Hall–Kier alpha value is -0.910. The molecular weight excluding hydrogens is 226 g/mol. The van der Waals surface area contributed by atoms with Crippen molar-refractivity contribution in [3.63, 3.8) is 0 Å². The van der Waals surface area contributed by atoms with Crippen LogP contribution in [0.5, 0.6) is 0 Å². The monoisotopic (exact) mass is 241 g/mol. The summed E-state index contributed by atoms with van der Waals surface area (Å²) in [5, 5.41) is 0. The van der Waals surface area contributed by atoms with Crippen LogP contribution in [-0.2, 0) is 14.9 Å². The highest BCUT2D eigenvalue weighted by Gasteiger charge is 2.28. The third-order valence-corrected chi connectivity index (χ3v) is 4.45. The first kappa shape index (κ1) is 11.6. The van der Waals surface area contributed by atoms with Gasteiger partial charge >= 0.3 is 0 Å². The van der Waals surface area contributed by atoms with Crippen LogP contribution in [0.1, 0.15) is 18.4 Å². The number of hydroxylamine groups is 1. The lowest BCUT2D eigenvalue weighted by Crippen LogP contribution is -2.36. The average molecular weight is 241 g/mol. The molecule has 0 saturated carbocycles. The van der Waals surface area contributed by atoms with E-state index < -0.39 is 10.0 Å².